The van der Waals surface area contributed by atoms with Gasteiger partial charge in [0, 0.05) is 19.3 Å². The molecule has 1 atom stereocenters. The average molecular weight is 182 g/mol. The summed E-state index contributed by atoms with van der Waals surface area (Å²) in [7, 11) is 2.16. The maximum Gasteiger partial charge on any atom is 0.0535 e. The van der Waals surface area contributed by atoms with Gasteiger partial charge in [-0.15, -0.1) is 0 Å². The molecular formula is C11H22N2. The molecule has 2 heteroatoms. The van der Waals surface area contributed by atoms with E-state index in [4.69, 9.17) is 0 Å². The lowest BCUT2D eigenvalue weighted by Gasteiger charge is -2.38. The minimum atomic E-state index is 0.314. The Kier molecular flexibility index (Phi) is 2.71. The normalized spacial score (nSPS) is 24.8. The van der Waals surface area contributed by atoms with Gasteiger partial charge in [-0.05, 0) is 25.3 Å². The Morgan fingerprint density at radius 2 is 1.77 bits per heavy atom. The van der Waals surface area contributed by atoms with Gasteiger partial charge in [-0.2, -0.15) is 0 Å². The molecule has 0 saturated carbocycles. The maximum absolute atomic E-state index is 2.32. The molecule has 0 N–H and O–H groups in total. The van der Waals surface area contributed by atoms with Crippen LogP contribution >= 0.6 is 0 Å². The first kappa shape index (κ1) is 10.6. The summed E-state index contributed by atoms with van der Waals surface area (Å²) in [5.74, 6) is 0. The van der Waals surface area contributed by atoms with Gasteiger partial charge in [0.25, 0.3) is 0 Å². The topological polar surface area (TPSA) is 6.48 Å². The molecule has 0 aromatic rings. The molecule has 1 rings (SSSR count). The quantitative estimate of drug-likeness (QED) is 0.614. The summed E-state index contributed by atoms with van der Waals surface area (Å²) >= 11 is 0. The van der Waals surface area contributed by atoms with Gasteiger partial charge < -0.3 is 5.01 Å². The molecule has 13 heavy (non-hydrogen) atoms. The Balaban J connectivity index is 2.72. The summed E-state index contributed by atoms with van der Waals surface area (Å²) in [6.45, 7) is 11.3. The van der Waals surface area contributed by atoms with Crippen LogP contribution in [0.3, 0.4) is 0 Å². The summed E-state index contributed by atoms with van der Waals surface area (Å²) < 4.78 is 0. The van der Waals surface area contributed by atoms with E-state index in [1.54, 1.807) is 0 Å². The number of hydrogen-bond donors (Lipinski definition) is 0. The third kappa shape index (κ3) is 2.05. The van der Waals surface area contributed by atoms with Crippen molar-refractivity contribution >= 4 is 0 Å². The molecule has 76 valence electrons. The first-order valence-corrected chi connectivity index (χ1v) is 5.03. The molecule has 1 unspecified atom stereocenters. The lowest BCUT2D eigenvalue weighted by Crippen LogP contribution is -2.46. The summed E-state index contributed by atoms with van der Waals surface area (Å²) in [4.78, 5) is 0. The van der Waals surface area contributed by atoms with Crippen molar-refractivity contribution in [2.24, 2.45) is 5.41 Å². The second-order valence-corrected chi connectivity index (χ2v) is 5.20. The molecule has 0 amide bonds. The smallest absolute Gasteiger partial charge is 0.0535 e. The highest BCUT2D eigenvalue weighted by Crippen LogP contribution is 2.30. The highest BCUT2D eigenvalue weighted by Gasteiger charge is 2.33. The zero-order valence-corrected chi connectivity index (χ0v) is 9.70. The molecule has 0 fully saturated rings. The van der Waals surface area contributed by atoms with Gasteiger partial charge in [-0.3, -0.25) is 0 Å². The summed E-state index contributed by atoms with van der Waals surface area (Å²) in [6.07, 6.45) is 4.49. The first-order valence-electron chi connectivity index (χ1n) is 5.03. The lowest BCUT2D eigenvalue weighted by molar-refractivity contribution is -0.0144. The predicted octanol–water partition coefficient (Wildman–Crippen LogP) is 2.49. The largest absolute Gasteiger partial charge is 0.311 e. The van der Waals surface area contributed by atoms with Gasteiger partial charge in [-0.25, -0.2) is 5.01 Å². The van der Waals surface area contributed by atoms with Gasteiger partial charge in [0.1, 0.15) is 0 Å². The van der Waals surface area contributed by atoms with E-state index in [0.29, 0.717) is 17.5 Å². The molecule has 0 spiro atoms. The molecule has 2 nitrogen and oxygen atoms in total. The number of rotatable bonds is 1. The molecule has 1 aliphatic heterocycles. The molecule has 1 aliphatic rings. The van der Waals surface area contributed by atoms with Crippen LogP contribution in [0.1, 0.15) is 34.6 Å². The maximum atomic E-state index is 2.32. The van der Waals surface area contributed by atoms with E-state index in [1.807, 2.05) is 0 Å². The van der Waals surface area contributed by atoms with Crippen molar-refractivity contribution in [1.29, 1.82) is 0 Å². The molecular weight excluding hydrogens is 160 g/mol. The van der Waals surface area contributed by atoms with E-state index in [0.717, 1.165) is 0 Å². The number of nitrogens with zero attached hydrogens (tertiary/aromatic N) is 2. The number of hydrazine groups is 1. The lowest BCUT2D eigenvalue weighted by atomic mass is 9.87. The van der Waals surface area contributed by atoms with E-state index in [-0.39, 0.29) is 0 Å². The van der Waals surface area contributed by atoms with Gasteiger partial charge in [-0.1, -0.05) is 20.8 Å². The van der Waals surface area contributed by atoms with Crippen molar-refractivity contribution in [3.8, 4) is 0 Å². The fraction of sp³-hybridized carbons (Fsp3) is 0.818. The van der Waals surface area contributed by atoms with Crippen molar-refractivity contribution < 1.29 is 0 Å². The SMILES string of the molecule is CC(C)N1C=CC(C(C)(C)C)N1C. The van der Waals surface area contributed by atoms with Crippen LogP contribution in [-0.4, -0.2) is 29.1 Å². The van der Waals surface area contributed by atoms with Gasteiger partial charge in [0.2, 0.25) is 0 Å². The predicted molar refractivity (Wildman–Crippen MR) is 57.1 cm³/mol. The number of likely N-dealkylation sites (N-methyl/N-ethyl adjacent to an activating group) is 1. The zero-order chi connectivity index (χ0) is 10.2. The summed E-state index contributed by atoms with van der Waals surface area (Å²) in [5.41, 5.74) is 0.314. The molecule has 0 bridgehead atoms. The molecule has 0 aliphatic carbocycles. The standard InChI is InChI=1S/C11H22N2/c1-9(2)13-8-7-10(12(13)6)11(3,4)5/h7-10H,1-6H3. The van der Waals surface area contributed by atoms with Gasteiger partial charge >= 0.3 is 0 Å². The van der Waals surface area contributed by atoms with Crippen LogP contribution in [0.2, 0.25) is 0 Å². The molecule has 0 aromatic heterocycles. The summed E-state index contributed by atoms with van der Waals surface area (Å²) in [6, 6.07) is 1.07. The van der Waals surface area contributed by atoms with Crippen LogP contribution in [0.4, 0.5) is 0 Å². The summed E-state index contributed by atoms with van der Waals surface area (Å²) in [5, 5.41) is 4.61. The molecule has 0 aromatic carbocycles. The highest BCUT2D eigenvalue weighted by molar-refractivity contribution is 5.05. The number of hydrogen-bond acceptors (Lipinski definition) is 2. The minimum Gasteiger partial charge on any atom is -0.311 e. The van der Waals surface area contributed by atoms with Crippen molar-refractivity contribution in [2.75, 3.05) is 7.05 Å². The average Bonchev–Trinajstić information content (AvgIpc) is 2.28. The Morgan fingerprint density at radius 1 is 1.23 bits per heavy atom. The molecule has 0 saturated heterocycles. The van der Waals surface area contributed by atoms with E-state index < -0.39 is 0 Å². The highest BCUT2D eigenvalue weighted by atomic mass is 15.6. The molecule has 0 radical (unpaired) electrons. The van der Waals surface area contributed by atoms with Gasteiger partial charge in [0.05, 0.1) is 6.04 Å². The van der Waals surface area contributed by atoms with Crippen molar-refractivity contribution in [2.45, 2.75) is 46.7 Å². The van der Waals surface area contributed by atoms with Crippen LogP contribution in [0.5, 0.6) is 0 Å². The second-order valence-electron chi connectivity index (χ2n) is 5.20. The van der Waals surface area contributed by atoms with Crippen molar-refractivity contribution in [3.63, 3.8) is 0 Å². The second kappa shape index (κ2) is 3.33. The Hall–Kier alpha value is -0.500. The van der Waals surface area contributed by atoms with Crippen LogP contribution in [0.25, 0.3) is 0 Å². The monoisotopic (exact) mass is 182 g/mol. The first-order chi connectivity index (χ1) is 5.84. The van der Waals surface area contributed by atoms with E-state index in [2.05, 4.69) is 64.0 Å². The van der Waals surface area contributed by atoms with Gasteiger partial charge in [0.15, 0.2) is 0 Å². The fourth-order valence-corrected chi connectivity index (χ4v) is 1.93. The molecule has 1 heterocycles. The van der Waals surface area contributed by atoms with Crippen LogP contribution in [0.15, 0.2) is 12.3 Å². The Labute approximate surface area is 82.2 Å². The van der Waals surface area contributed by atoms with E-state index in [1.165, 1.54) is 0 Å². The Morgan fingerprint density at radius 3 is 2.00 bits per heavy atom. The van der Waals surface area contributed by atoms with E-state index >= 15 is 0 Å². The minimum absolute atomic E-state index is 0.314. The van der Waals surface area contributed by atoms with E-state index in [9.17, 15) is 0 Å². The third-order valence-electron chi connectivity index (χ3n) is 2.60. The van der Waals surface area contributed by atoms with Crippen LogP contribution in [0, 0.1) is 5.41 Å². The van der Waals surface area contributed by atoms with Crippen molar-refractivity contribution in [3.05, 3.63) is 12.3 Å². The van der Waals surface area contributed by atoms with Crippen molar-refractivity contribution in [1.82, 2.24) is 10.0 Å². The zero-order valence-electron chi connectivity index (χ0n) is 9.70. The van der Waals surface area contributed by atoms with Crippen LogP contribution < -0.4 is 0 Å². The fourth-order valence-electron chi connectivity index (χ4n) is 1.93. The Bertz CT molecular complexity index is 201. The third-order valence-corrected chi connectivity index (χ3v) is 2.60. The van der Waals surface area contributed by atoms with Crippen LogP contribution in [-0.2, 0) is 0 Å².